The number of rotatable bonds is 3. The first-order valence-electron chi connectivity index (χ1n) is 6.98. The van der Waals surface area contributed by atoms with Gasteiger partial charge in [-0.15, -0.1) is 0 Å². The minimum absolute atomic E-state index is 0.00315. The second kappa shape index (κ2) is 5.39. The zero-order chi connectivity index (χ0) is 13.2. The monoisotopic (exact) mass is 263 g/mol. The van der Waals surface area contributed by atoms with Crippen molar-refractivity contribution in [1.29, 1.82) is 0 Å². The van der Waals surface area contributed by atoms with E-state index in [1.54, 1.807) is 7.11 Å². The Balaban J connectivity index is 1.67. The van der Waals surface area contributed by atoms with E-state index in [1.807, 2.05) is 18.2 Å². The van der Waals surface area contributed by atoms with Crippen molar-refractivity contribution in [3.8, 4) is 11.5 Å². The first-order chi connectivity index (χ1) is 9.26. The average molecular weight is 263 g/mol. The SMILES string of the molecule is COC1CCCC(Oc2ccc3c(c2)OCC3N)C1. The predicted molar refractivity (Wildman–Crippen MR) is 72.5 cm³/mol. The quantitative estimate of drug-likeness (QED) is 0.910. The Morgan fingerprint density at radius 2 is 2.11 bits per heavy atom. The molecule has 1 saturated carbocycles. The number of ether oxygens (including phenoxy) is 3. The number of methoxy groups -OCH3 is 1. The molecule has 4 nitrogen and oxygen atoms in total. The summed E-state index contributed by atoms with van der Waals surface area (Å²) in [5, 5.41) is 0. The molecule has 0 amide bonds. The fourth-order valence-corrected chi connectivity index (χ4v) is 2.90. The van der Waals surface area contributed by atoms with Crippen molar-refractivity contribution in [1.82, 2.24) is 0 Å². The van der Waals surface area contributed by atoms with E-state index in [4.69, 9.17) is 19.9 Å². The highest BCUT2D eigenvalue weighted by atomic mass is 16.5. The van der Waals surface area contributed by atoms with Crippen molar-refractivity contribution in [3.63, 3.8) is 0 Å². The number of hydrogen-bond donors (Lipinski definition) is 1. The Bertz CT molecular complexity index is 449. The highest BCUT2D eigenvalue weighted by Gasteiger charge is 2.25. The molecule has 104 valence electrons. The molecular formula is C15H21NO3. The third-order valence-electron chi connectivity index (χ3n) is 4.02. The lowest BCUT2D eigenvalue weighted by Gasteiger charge is -2.28. The van der Waals surface area contributed by atoms with Crippen molar-refractivity contribution in [2.24, 2.45) is 5.73 Å². The molecule has 3 atom stereocenters. The minimum atomic E-state index is -0.00315. The molecule has 0 spiro atoms. The highest BCUT2D eigenvalue weighted by Crippen LogP contribution is 2.35. The predicted octanol–water partition coefficient (Wildman–Crippen LogP) is 2.42. The van der Waals surface area contributed by atoms with Crippen LogP contribution in [0.1, 0.15) is 37.3 Å². The van der Waals surface area contributed by atoms with Gasteiger partial charge in [0.25, 0.3) is 0 Å². The van der Waals surface area contributed by atoms with Crippen LogP contribution in [0.3, 0.4) is 0 Å². The summed E-state index contributed by atoms with van der Waals surface area (Å²) in [5.74, 6) is 1.73. The normalized spacial score (nSPS) is 29.7. The molecule has 1 aromatic carbocycles. The van der Waals surface area contributed by atoms with Crippen LogP contribution in [-0.2, 0) is 4.74 Å². The maximum absolute atomic E-state index is 6.05. The summed E-state index contributed by atoms with van der Waals surface area (Å²) in [6.45, 7) is 0.563. The Kier molecular flexibility index (Phi) is 3.62. The zero-order valence-electron chi connectivity index (χ0n) is 11.3. The van der Waals surface area contributed by atoms with E-state index in [-0.39, 0.29) is 12.1 Å². The standard InChI is InChI=1S/C15H21NO3/c1-17-10-3-2-4-11(7-10)19-12-5-6-13-14(16)9-18-15(13)8-12/h5-6,8,10-11,14H,2-4,7,9,16H2,1H3. The molecule has 2 N–H and O–H groups in total. The van der Waals surface area contributed by atoms with Crippen molar-refractivity contribution < 1.29 is 14.2 Å². The fourth-order valence-electron chi connectivity index (χ4n) is 2.90. The molecule has 0 bridgehead atoms. The van der Waals surface area contributed by atoms with E-state index in [0.717, 1.165) is 42.7 Å². The van der Waals surface area contributed by atoms with Crippen molar-refractivity contribution in [2.45, 2.75) is 43.9 Å². The van der Waals surface area contributed by atoms with Gasteiger partial charge < -0.3 is 19.9 Å². The van der Waals surface area contributed by atoms with E-state index in [1.165, 1.54) is 0 Å². The molecule has 0 radical (unpaired) electrons. The van der Waals surface area contributed by atoms with Crippen LogP contribution in [0.2, 0.25) is 0 Å². The lowest BCUT2D eigenvalue weighted by atomic mass is 9.95. The molecule has 1 fully saturated rings. The van der Waals surface area contributed by atoms with E-state index < -0.39 is 0 Å². The van der Waals surface area contributed by atoms with E-state index >= 15 is 0 Å². The van der Waals surface area contributed by atoms with Gasteiger partial charge in [0.2, 0.25) is 0 Å². The number of fused-ring (bicyclic) bond motifs is 1. The lowest BCUT2D eigenvalue weighted by Crippen LogP contribution is -2.29. The van der Waals surface area contributed by atoms with Gasteiger partial charge in [0.15, 0.2) is 0 Å². The van der Waals surface area contributed by atoms with Crippen LogP contribution >= 0.6 is 0 Å². The lowest BCUT2D eigenvalue weighted by molar-refractivity contribution is 0.0209. The van der Waals surface area contributed by atoms with Crippen molar-refractivity contribution in [2.75, 3.05) is 13.7 Å². The van der Waals surface area contributed by atoms with Crippen molar-refractivity contribution >= 4 is 0 Å². The fraction of sp³-hybridized carbons (Fsp3) is 0.600. The summed E-state index contributed by atoms with van der Waals surface area (Å²) >= 11 is 0. The molecule has 2 aliphatic rings. The molecule has 1 heterocycles. The van der Waals surface area contributed by atoms with Crippen LogP contribution in [0.4, 0.5) is 0 Å². The van der Waals surface area contributed by atoms with Crippen molar-refractivity contribution in [3.05, 3.63) is 23.8 Å². The molecule has 0 aromatic heterocycles. The molecule has 3 unspecified atom stereocenters. The first kappa shape index (κ1) is 12.8. The van der Waals surface area contributed by atoms with Gasteiger partial charge in [-0.05, 0) is 31.4 Å². The van der Waals surface area contributed by atoms with Crippen LogP contribution in [0.15, 0.2) is 18.2 Å². The highest BCUT2D eigenvalue weighted by molar-refractivity contribution is 5.44. The molecule has 0 saturated heterocycles. The maximum atomic E-state index is 6.05. The summed E-state index contributed by atoms with van der Waals surface area (Å²) < 4.78 is 17.0. The van der Waals surface area contributed by atoms with Gasteiger partial charge in [0, 0.05) is 25.2 Å². The maximum Gasteiger partial charge on any atom is 0.127 e. The Morgan fingerprint density at radius 1 is 1.26 bits per heavy atom. The molecule has 1 aromatic rings. The smallest absolute Gasteiger partial charge is 0.127 e. The Labute approximate surface area is 113 Å². The topological polar surface area (TPSA) is 53.7 Å². The molecule has 3 rings (SSSR count). The Morgan fingerprint density at radius 3 is 2.95 bits per heavy atom. The van der Waals surface area contributed by atoms with E-state index in [9.17, 15) is 0 Å². The van der Waals surface area contributed by atoms with Gasteiger partial charge in [-0.1, -0.05) is 0 Å². The van der Waals surface area contributed by atoms with E-state index in [2.05, 4.69) is 0 Å². The second-order valence-electron chi connectivity index (χ2n) is 5.38. The molecule has 4 heteroatoms. The number of hydrogen-bond acceptors (Lipinski definition) is 4. The molecule has 19 heavy (non-hydrogen) atoms. The first-order valence-corrected chi connectivity index (χ1v) is 6.98. The summed E-state index contributed by atoms with van der Waals surface area (Å²) in [4.78, 5) is 0. The third kappa shape index (κ3) is 2.69. The molecule has 1 aliphatic heterocycles. The molecule has 1 aliphatic carbocycles. The average Bonchev–Trinajstić information content (AvgIpc) is 2.80. The summed E-state index contributed by atoms with van der Waals surface area (Å²) in [5.41, 5.74) is 7.01. The van der Waals surface area contributed by atoms with Gasteiger partial charge in [0.1, 0.15) is 24.2 Å². The van der Waals surface area contributed by atoms with Gasteiger partial charge >= 0.3 is 0 Å². The van der Waals surface area contributed by atoms with Crippen LogP contribution in [-0.4, -0.2) is 25.9 Å². The van der Waals surface area contributed by atoms with Crippen LogP contribution in [0.5, 0.6) is 11.5 Å². The molecular weight excluding hydrogens is 242 g/mol. The summed E-state index contributed by atoms with van der Waals surface area (Å²) in [7, 11) is 1.78. The van der Waals surface area contributed by atoms with Crippen LogP contribution in [0.25, 0.3) is 0 Å². The second-order valence-corrected chi connectivity index (χ2v) is 5.38. The Hall–Kier alpha value is -1.26. The zero-order valence-corrected chi connectivity index (χ0v) is 11.3. The third-order valence-corrected chi connectivity index (χ3v) is 4.02. The van der Waals surface area contributed by atoms with Crippen LogP contribution < -0.4 is 15.2 Å². The van der Waals surface area contributed by atoms with Crippen LogP contribution in [0, 0.1) is 0 Å². The van der Waals surface area contributed by atoms with Gasteiger partial charge in [-0.3, -0.25) is 0 Å². The number of benzene rings is 1. The minimum Gasteiger partial charge on any atom is -0.491 e. The van der Waals surface area contributed by atoms with Gasteiger partial charge in [-0.2, -0.15) is 0 Å². The summed E-state index contributed by atoms with van der Waals surface area (Å²) in [6.07, 6.45) is 4.93. The van der Waals surface area contributed by atoms with Gasteiger partial charge in [-0.25, -0.2) is 0 Å². The van der Waals surface area contributed by atoms with Gasteiger partial charge in [0.05, 0.1) is 12.1 Å². The van der Waals surface area contributed by atoms with E-state index in [0.29, 0.717) is 12.7 Å². The summed E-state index contributed by atoms with van der Waals surface area (Å²) in [6, 6.07) is 5.96. The largest absolute Gasteiger partial charge is 0.491 e. The number of nitrogens with two attached hydrogens (primary N) is 1.